The van der Waals surface area contributed by atoms with Crippen LogP contribution in [0.3, 0.4) is 0 Å². The van der Waals surface area contributed by atoms with Gasteiger partial charge in [0.15, 0.2) is 0 Å². The number of carbonyl (C=O) groups is 2. The Morgan fingerprint density at radius 2 is 2.00 bits per heavy atom. The summed E-state index contributed by atoms with van der Waals surface area (Å²) in [6.07, 6.45) is 3.49. The Balaban J connectivity index is 2.15. The summed E-state index contributed by atoms with van der Waals surface area (Å²) in [5.41, 5.74) is 7.04. The molecule has 2 rings (SSSR count). The molecular formula is C16H23N3O3. The van der Waals surface area contributed by atoms with Gasteiger partial charge in [-0.25, -0.2) is 0 Å². The van der Waals surface area contributed by atoms with Crippen LogP contribution in [0.25, 0.3) is 0 Å². The van der Waals surface area contributed by atoms with Gasteiger partial charge in [-0.2, -0.15) is 0 Å². The monoisotopic (exact) mass is 305 g/mol. The van der Waals surface area contributed by atoms with Gasteiger partial charge >= 0.3 is 0 Å². The molecule has 6 heteroatoms. The number of anilines is 2. The van der Waals surface area contributed by atoms with E-state index in [0.717, 1.165) is 19.3 Å². The number of carbonyl (C=O) groups excluding carboxylic acids is 2. The third-order valence-corrected chi connectivity index (χ3v) is 3.88. The van der Waals surface area contributed by atoms with Gasteiger partial charge in [-0.05, 0) is 31.4 Å². The molecule has 120 valence electrons. The number of rotatable bonds is 4. The second-order valence-corrected chi connectivity index (χ2v) is 5.71. The van der Waals surface area contributed by atoms with E-state index in [4.69, 9.17) is 10.5 Å². The highest BCUT2D eigenvalue weighted by Crippen LogP contribution is 2.30. The average Bonchev–Trinajstić information content (AvgIpc) is 2.48. The molecule has 0 aromatic heterocycles. The smallest absolute Gasteiger partial charge is 0.227 e. The zero-order valence-electron chi connectivity index (χ0n) is 13.0. The van der Waals surface area contributed by atoms with E-state index in [9.17, 15) is 9.59 Å². The quantitative estimate of drug-likeness (QED) is 0.794. The molecule has 2 amide bonds. The standard InChI is InChI=1S/C16H23N3O3/c1-10(20)18-14-7-6-13(22-2)9-15(14)19-16(21)11-4-3-5-12(17)8-11/h6-7,9,11-12H,3-5,8,17H2,1-2H3,(H,18,20)(H,19,21). The van der Waals surface area contributed by atoms with Crippen molar-refractivity contribution >= 4 is 23.2 Å². The van der Waals surface area contributed by atoms with Crippen molar-refractivity contribution in [3.05, 3.63) is 18.2 Å². The van der Waals surface area contributed by atoms with Gasteiger partial charge in [-0.3, -0.25) is 9.59 Å². The van der Waals surface area contributed by atoms with E-state index in [1.807, 2.05) is 0 Å². The first kappa shape index (κ1) is 16.3. The molecule has 22 heavy (non-hydrogen) atoms. The summed E-state index contributed by atoms with van der Waals surface area (Å²) in [7, 11) is 1.55. The predicted molar refractivity (Wildman–Crippen MR) is 85.9 cm³/mol. The lowest BCUT2D eigenvalue weighted by Crippen LogP contribution is -2.34. The van der Waals surface area contributed by atoms with Crippen LogP contribution in [0.15, 0.2) is 18.2 Å². The molecule has 0 radical (unpaired) electrons. The summed E-state index contributed by atoms with van der Waals surface area (Å²) in [4.78, 5) is 23.7. The van der Waals surface area contributed by atoms with Crippen LogP contribution >= 0.6 is 0 Å². The zero-order chi connectivity index (χ0) is 16.1. The predicted octanol–water partition coefficient (Wildman–Crippen LogP) is 2.11. The molecule has 1 aliphatic rings. The van der Waals surface area contributed by atoms with E-state index in [0.29, 0.717) is 23.5 Å². The summed E-state index contributed by atoms with van der Waals surface area (Å²) < 4.78 is 5.17. The summed E-state index contributed by atoms with van der Waals surface area (Å²) in [6, 6.07) is 5.23. The molecule has 0 aliphatic heterocycles. The number of amides is 2. The van der Waals surface area contributed by atoms with Crippen molar-refractivity contribution in [3.8, 4) is 5.75 Å². The van der Waals surface area contributed by atoms with Crippen molar-refractivity contribution in [1.82, 2.24) is 0 Å². The fourth-order valence-electron chi connectivity index (χ4n) is 2.75. The number of nitrogens with two attached hydrogens (primary N) is 1. The average molecular weight is 305 g/mol. The second-order valence-electron chi connectivity index (χ2n) is 5.71. The summed E-state index contributed by atoms with van der Waals surface area (Å²) >= 11 is 0. The maximum absolute atomic E-state index is 12.4. The molecule has 1 fully saturated rings. The van der Waals surface area contributed by atoms with Crippen molar-refractivity contribution < 1.29 is 14.3 Å². The molecule has 0 bridgehead atoms. The van der Waals surface area contributed by atoms with E-state index in [1.54, 1.807) is 25.3 Å². The number of hydrogen-bond donors (Lipinski definition) is 3. The first-order valence-electron chi connectivity index (χ1n) is 7.51. The van der Waals surface area contributed by atoms with Crippen LogP contribution in [0.2, 0.25) is 0 Å². The van der Waals surface area contributed by atoms with E-state index in [2.05, 4.69) is 10.6 Å². The third kappa shape index (κ3) is 4.21. The normalized spacial score (nSPS) is 21.0. The number of ether oxygens (including phenoxy) is 1. The molecule has 0 heterocycles. The molecule has 4 N–H and O–H groups in total. The van der Waals surface area contributed by atoms with Gasteiger partial charge < -0.3 is 21.1 Å². The van der Waals surface area contributed by atoms with E-state index in [1.165, 1.54) is 6.92 Å². The van der Waals surface area contributed by atoms with Gasteiger partial charge in [0.25, 0.3) is 0 Å². The molecule has 1 aromatic carbocycles. The van der Waals surface area contributed by atoms with Gasteiger partial charge in [-0.15, -0.1) is 0 Å². The van der Waals surface area contributed by atoms with Crippen molar-refractivity contribution in [2.45, 2.75) is 38.6 Å². The van der Waals surface area contributed by atoms with Gasteiger partial charge in [0, 0.05) is 24.9 Å². The van der Waals surface area contributed by atoms with E-state index < -0.39 is 0 Å². The molecular weight excluding hydrogens is 282 g/mol. The number of nitrogens with one attached hydrogen (secondary N) is 2. The topological polar surface area (TPSA) is 93.5 Å². The lowest BCUT2D eigenvalue weighted by atomic mass is 9.85. The molecule has 2 atom stereocenters. The van der Waals surface area contributed by atoms with Crippen LogP contribution < -0.4 is 21.1 Å². The largest absolute Gasteiger partial charge is 0.497 e. The molecule has 6 nitrogen and oxygen atoms in total. The second kappa shape index (κ2) is 7.26. The van der Waals surface area contributed by atoms with Gasteiger partial charge in [-0.1, -0.05) is 6.42 Å². The highest BCUT2D eigenvalue weighted by molar-refractivity contribution is 6.00. The number of methoxy groups -OCH3 is 1. The molecule has 1 aliphatic carbocycles. The Bertz CT molecular complexity index is 560. The molecule has 0 saturated heterocycles. The summed E-state index contributed by atoms with van der Waals surface area (Å²) in [6.45, 7) is 1.43. The van der Waals surface area contributed by atoms with Gasteiger partial charge in [0.2, 0.25) is 11.8 Å². The van der Waals surface area contributed by atoms with Crippen LogP contribution in [-0.4, -0.2) is 25.0 Å². The molecule has 2 unspecified atom stereocenters. The maximum Gasteiger partial charge on any atom is 0.227 e. The molecule has 1 saturated carbocycles. The zero-order valence-corrected chi connectivity index (χ0v) is 13.0. The fraction of sp³-hybridized carbons (Fsp3) is 0.500. The van der Waals surface area contributed by atoms with Crippen LogP contribution in [0.1, 0.15) is 32.6 Å². The van der Waals surface area contributed by atoms with Crippen LogP contribution in [0.4, 0.5) is 11.4 Å². The summed E-state index contributed by atoms with van der Waals surface area (Å²) in [5.74, 6) is 0.278. The van der Waals surface area contributed by atoms with Crippen LogP contribution in [0.5, 0.6) is 5.75 Å². The SMILES string of the molecule is COc1ccc(NC(C)=O)c(NC(=O)C2CCCC(N)C2)c1. The molecule has 1 aromatic rings. The van der Waals surface area contributed by atoms with E-state index >= 15 is 0 Å². The minimum absolute atomic E-state index is 0.0602. The maximum atomic E-state index is 12.4. The Kier molecular flexibility index (Phi) is 5.38. The lowest BCUT2D eigenvalue weighted by Gasteiger charge is -2.26. The van der Waals surface area contributed by atoms with Gasteiger partial charge in [0.05, 0.1) is 18.5 Å². The highest BCUT2D eigenvalue weighted by atomic mass is 16.5. The number of hydrogen-bond acceptors (Lipinski definition) is 4. The minimum atomic E-state index is -0.194. The van der Waals surface area contributed by atoms with Crippen molar-refractivity contribution in [1.29, 1.82) is 0 Å². The van der Waals surface area contributed by atoms with Crippen LogP contribution in [0, 0.1) is 5.92 Å². The fourth-order valence-corrected chi connectivity index (χ4v) is 2.75. The highest BCUT2D eigenvalue weighted by Gasteiger charge is 2.26. The van der Waals surface area contributed by atoms with Crippen molar-refractivity contribution in [2.24, 2.45) is 11.7 Å². The Morgan fingerprint density at radius 1 is 1.23 bits per heavy atom. The Hall–Kier alpha value is -2.08. The van der Waals surface area contributed by atoms with Crippen molar-refractivity contribution in [3.63, 3.8) is 0 Å². The summed E-state index contributed by atoms with van der Waals surface area (Å²) in [5, 5.41) is 5.60. The van der Waals surface area contributed by atoms with E-state index in [-0.39, 0.29) is 23.8 Å². The first-order chi connectivity index (χ1) is 10.5. The molecule has 0 spiro atoms. The Morgan fingerprint density at radius 3 is 2.64 bits per heavy atom. The van der Waals surface area contributed by atoms with Crippen molar-refractivity contribution in [2.75, 3.05) is 17.7 Å². The third-order valence-electron chi connectivity index (χ3n) is 3.88. The van der Waals surface area contributed by atoms with Crippen LogP contribution in [-0.2, 0) is 9.59 Å². The minimum Gasteiger partial charge on any atom is -0.497 e. The lowest BCUT2D eigenvalue weighted by molar-refractivity contribution is -0.121. The van der Waals surface area contributed by atoms with Gasteiger partial charge in [0.1, 0.15) is 5.75 Å². The first-order valence-corrected chi connectivity index (χ1v) is 7.51. The number of benzene rings is 1. The Labute approximate surface area is 130 Å².